The van der Waals surface area contributed by atoms with Gasteiger partial charge in [0.25, 0.3) is 0 Å². The molecule has 14 heavy (non-hydrogen) atoms. The van der Waals surface area contributed by atoms with Gasteiger partial charge in [-0.05, 0) is 19.4 Å². The van der Waals surface area contributed by atoms with Crippen LogP contribution in [0.2, 0.25) is 0 Å². The topological polar surface area (TPSA) is 90.7 Å². The largest absolute Gasteiger partial charge is 0.382 e. The zero-order valence-electron chi connectivity index (χ0n) is 8.07. The van der Waals surface area contributed by atoms with E-state index >= 15 is 0 Å². The van der Waals surface area contributed by atoms with E-state index in [1.165, 1.54) is 0 Å². The van der Waals surface area contributed by atoms with Crippen molar-refractivity contribution in [3.63, 3.8) is 0 Å². The van der Waals surface area contributed by atoms with E-state index in [1.807, 2.05) is 13.8 Å². The Kier molecular flexibility index (Phi) is 1.73. The number of fused-ring (bicyclic) bond motifs is 1. The van der Waals surface area contributed by atoms with Crippen molar-refractivity contribution in [2.45, 2.75) is 13.8 Å². The fourth-order valence-electron chi connectivity index (χ4n) is 1.54. The average molecular weight is 189 g/mol. The van der Waals surface area contributed by atoms with Crippen molar-refractivity contribution in [3.05, 3.63) is 17.5 Å². The predicted molar refractivity (Wildman–Crippen MR) is 55.6 cm³/mol. The number of nitrogens with two attached hydrogens (primary N) is 2. The molecule has 2 heterocycles. The molecule has 0 aliphatic heterocycles. The van der Waals surface area contributed by atoms with Gasteiger partial charge in [-0.1, -0.05) is 0 Å². The second kappa shape index (κ2) is 2.80. The van der Waals surface area contributed by atoms with Crippen LogP contribution >= 0.6 is 0 Å². The van der Waals surface area contributed by atoms with Crippen LogP contribution in [0.4, 0.5) is 11.8 Å². The third-order valence-corrected chi connectivity index (χ3v) is 2.14. The van der Waals surface area contributed by atoms with E-state index in [0.29, 0.717) is 11.3 Å². The number of aryl methyl sites for hydroxylation is 2. The van der Waals surface area contributed by atoms with E-state index in [4.69, 9.17) is 11.5 Å². The van der Waals surface area contributed by atoms with Gasteiger partial charge in [0.2, 0.25) is 5.95 Å². The van der Waals surface area contributed by atoms with Crippen LogP contribution in [-0.4, -0.2) is 15.0 Å². The van der Waals surface area contributed by atoms with Crippen molar-refractivity contribution in [3.8, 4) is 0 Å². The zero-order chi connectivity index (χ0) is 10.3. The summed E-state index contributed by atoms with van der Waals surface area (Å²) >= 11 is 0. The summed E-state index contributed by atoms with van der Waals surface area (Å²) in [7, 11) is 0. The molecule has 0 bridgehead atoms. The molecule has 2 aromatic heterocycles. The third kappa shape index (κ3) is 1.14. The lowest BCUT2D eigenvalue weighted by atomic mass is 10.1. The SMILES string of the molecule is Cc1cnc(N)c2nc(N)nc(C)c12. The van der Waals surface area contributed by atoms with E-state index in [2.05, 4.69) is 15.0 Å². The lowest BCUT2D eigenvalue weighted by Gasteiger charge is -2.06. The second-order valence-corrected chi connectivity index (χ2v) is 3.22. The molecule has 2 rings (SSSR count). The van der Waals surface area contributed by atoms with Crippen LogP contribution in [0.5, 0.6) is 0 Å². The summed E-state index contributed by atoms with van der Waals surface area (Å²) in [5, 5.41) is 0.937. The number of hydrogen-bond donors (Lipinski definition) is 2. The minimum atomic E-state index is 0.231. The van der Waals surface area contributed by atoms with E-state index < -0.39 is 0 Å². The van der Waals surface area contributed by atoms with Crippen LogP contribution in [0.25, 0.3) is 10.9 Å². The Morgan fingerprint density at radius 3 is 2.57 bits per heavy atom. The standard InChI is InChI=1S/C9H11N5/c1-4-3-12-8(10)7-6(4)5(2)13-9(11)14-7/h3H,1-2H3,(H2,10,12)(H2,11,13,14). The molecule has 0 saturated heterocycles. The molecule has 0 amide bonds. The summed E-state index contributed by atoms with van der Waals surface area (Å²) in [6, 6.07) is 0. The van der Waals surface area contributed by atoms with Gasteiger partial charge in [-0.15, -0.1) is 0 Å². The first-order chi connectivity index (χ1) is 6.59. The molecule has 0 aromatic carbocycles. The molecule has 4 N–H and O–H groups in total. The van der Waals surface area contributed by atoms with Crippen LogP contribution in [-0.2, 0) is 0 Å². The molecule has 5 heteroatoms. The molecule has 0 aliphatic carbocycles. The van der Waals surface area contributed by atoms with Gasteiger partial charge < -0.3 is 11.5 Å². The maximum absolute atomic E-state index is 5.71. The highest BCUT2D eigenvalue weighted by atomic mass is 15.0. The van der Waals surface area contributed by atoms with Crippen molar-refractivity contribution in [1.82, 2.24) is 15.0 Å². The van der Waals surface area contributed by atoms with Crippen molar-refractivity contribution in [2.75, 3.05) is 11.5 Å². The molecule has 0 unspecified atom stereocenters. The number of nitrogens with zero attached hydrogens (tertiary/aromatic N) is 3. The molecule has 0 radical (unpaired) electrons. The lowest BCUT2D eigenvalue weighted by Crippen LogP contribution is -2.02. The summed E-state index contributed by atoms with van der Waals surface area (Å²) in [6.07, 6.45) is 1.71. The van der Waals surface area contributed by atoms with Crippen molar-refractivity contribution in [1.29, 1.82) is 0 Å². The molecular formula is C9H11N5. The molecule has 0 fully saturated rings. The first-order valence-electron chi connectivity index (χ1n) is 4.24. The molecule has 5 nitrogen and oxygen atoms in total. The monoisotopic (exact) mass is 189 g/mol. The fourth-order valence-corrected chi connectivity index (χ4v) is 1.54. The van der Waals surface area contributed by atoms with Gasteiger partial charge >= 0.3 is 0 Å². The Labute approximate surface area is 81.2 Å². The predicted octanol–water partition coefficient (Wildman–Crippen LogP) is 0.806. The van der Waals surface area contributed by atoms with Crippen molar-refractivity contribution < 1.29 is 0 Å². The molecule has 2 aromatic rings. The summed E-state index contributed by atoms with van der Waals surface area (Å²) in [5.41, 5.74) is 13.7. The van der Waals surface area contributed by atoms with Gasteiger partial charge in [-0.2, -0.15) is 0 Å². The number of anilines is 2. The van der Waals surface area contributed by atoms with Crippen LogP contribution in [0.1, 0.15) is 11.3 Å². The summed E-state index contributed by atoms with van der Waals surface area (Å²) in [6.45, 7) is 3.83. The molecule has 0 spiro atoms. The van der Waals surface area contributed by atoms with Crippen molar-refractivity contribution in [2.24, 2.45) is 0 Å². The highest BCUT2D eigenvalue weighted by Gasteiger charge is 2.08. The summed E-state index contributed by atoms with van der Waals surface area (Å²) in [5.74, 6) is 0.622. The minimum absolute atomic E-state index is 0.231. The molecule has 0 aliphatic rings. The first-order valence-corrected chi connectivity index (χ1v) is 4.24. The normalized spacial score (nSPS) is 10.7. The number of rotatable bonds is 0. The maximum atomic E-state index is 5.71. The third-order valence-electron chi connectivity index (χ3n) is 2.14. The number of nitrogen functional groups attached to an aromatic ring is 2. The van der Waals surface area contributed by atoms with Crippen molar-refractivity contribution >= 4 is 22.7 Å². The molecule has 0 atom stereocenters. The van der Waals surface area contributed by atoms with E-state index in [-0.39, 0.29) is 5.95 Å². The van der Waals surface area contributed by atoms with Crippen LogP contribution in [0, 0.1) is 13.8 Å². The highest BCUT2D eigenvalue weighted by molar-refractivity contribution is 5.91. The minimum Gasteiger partial charge on any atom is -0.382 e. The van der Waals surface area contributed by atoms with E-state index in [0.717, 1.165) is 16.6 Å². The fraction of sp³-hybridized carbons (Fsp3) is 0.222. The quantitative estimate of drug-likeness (QED) is 0.639. The van der Waals surface area contributed by atoms with Gasteiger partial charge in [0.1, 0.15) is 11.3 Å². The Morgan fingerprint density at radius 1 is 1.14 bits per heavy atom. The Morgan fingerprint density at radius 2 is 1.86 bits per heavy atom. The van der Waals surface area contributed by atoms with E-state index in [9.17, 15) is 0 Å². The van der Waals surface area contributed by atoms with E-state index in [1.54, 1.807) is 6.20 Å². The molecular weight excluding hydrogens is 178 g/mol. The summed E-state index contributed by atoms with van der Waals surface area (Å²) < 4.78 is 0. The highest BCUT2D eigenvalue weighted by Crippen LogP contribution is 2.22. The molecule has 0 saturated carbocycles. The first kappa shape index (κ1) is 8.68. The molecule has 72 valence electrons. The van der Waals surface area contributed by atoms with Crippen LogP contribution in [0.15, 0.2) is 6.20 Å². The Hall–Kier alpha value is -1.91. The maximum Gasteiger partial charge on any atom is 0.220 e. The lowest BCUT2D eigenvalue weighted by molar-refractivity contribution is 1.15. The average Bonchev–Trinajstić information content (AvgIpc) is 2.10. The zero-order valence-corrected chi connectivity index (χ0v) is 8.07. The second-order valence-electron chi connectivity index (χ2n) is 3.22. The van der Waals surface area contributed by atoms with Crippen LogP contribution in [0.3, 0.4) is 0 Å². The van der Waals surface area contributed by atoms with Gasteiger partial charge in [0, 0.05) is 11.6 Å². The van der Waals surface area contributed by atoms with Crippen LogP contribution < -0.4 is 11.5 Å². The van der Waals surface area contributed by atoms with Gasteiger partial charge in [-0.25, -0.2) is 15.0 Å². The Bertz CT molecular complexity index is 506. The Balaban J connectivity index is 3.00. The van der Waals surface area contributed by atoms with Gasteiger partial charge in [0.15, 0.2) is 0 Å². The van der Waals surface area contributed by atoms with Gasteiger partial charge in [0.05, 0.1) is 5.69 Å². The number of hydrogen-bond acceptors (Lipinski definition) is 5. The summed E-state index contributed by atoms with van der Waals surface area (Å²) in [4.78, 5) is 12.2. The number of aromatic nitrogens is 3. The smallest absolute Gasteiger partial charge is 0.220 e. The van der Waals surface area contributed by atoms with Gasteiger partial charge in [-0.3, -0.25) is 0 Å². The number of pyridine rings is 1.